The number of nitrogens with one attached hydrogen (secondary N) is 3. The lowest BCUT2D eigenvalue weighted by Crippen LogP contribution is -2.36. The fraction of sp³-hybridized carbons (Fsp3) is 0.333. The van der Waals surface area contributed by atoms with Crippen molar-refractivity contribution < 1.29 is 14.3 Å². The third-order valence-electron chi connectivity index (χ3n) is 6.26. The van der Waals surface area contributed by atoms with Gasteiger partial charge in [0.1, 0.15) is 5.82 Å². The van der Waals surface area contributed by atoms with Crippen LogP contribution in [-0.4, -0.2) is 64.7 Å². The van der Waals surface area contributed by atoms with Crippen LogP contribution in [0.1, 0.15) is 30.0 Å². The van der Waals surface area contributed by atoms with Crippen LogP contribution in [0, 0.1) is 0 Å². The summed E-state index contributed by atoms with van der Waals surface area (Å²) in [4.78, 5) is 31.3. The highest BCUT2D eigenvalue weighted by Gasteiger charge is 2.25. The van der Waals surface area contributed by atoms with E-state index in [1.807, 2.05) is 42.5 Å². The van der Waals surface area contributed by atoms with E-state index < -0.39 is 0 Å². The van der Waals surface area contributed by atoms with Gasteiger partial charge in [-0.25, -0.2) is 4.98 Å². The Morgan fingerprint density at radius 3 is 2.69 bits per heavy atom. The average molecular weight is 487 g/mol. The summed E-state index contributed by atoms with van der Waals surface area (Å²) in [7, 11) is 0. The second-order valence-electron chi connectivity index (χ2n) is 9.14. The standard InChI is InChI=1S/C27H30N6O3/c34-26(5-2-10-33-11-13-36-14-12-33)29-24-9-8-22(18-28-24)21-4-1-3-19(15-21)16-27(35)30-25-17-23(31-32-25)20-6-7-20/h1-5,8-9,15,17-18,20H,6-7,10-14,16H2,(H,28,29,34)(H2,30,31,32,35)/b5-2+. The third-order valence-corrected chi connectivity index (χ3v) is 6.26. The molecule has 3 heterocycles. The molecule has 1 saturated carbocycles. The van der Waals surface area contributed by atoms with Crippen LogP contribution < -0.4 is 10.6 Å². The van der Waals surface area contributed by atoms with Crippen LogP contribution in [0.25, 0.3) is 11.1 Å². The Morgan fingerprint density at radius 1 is 1.06 bits per heavy atom. The van der Waals surface area contributed by atoms with E-state index in [9.17, 15) is 9.59 Å². The zero-order valence-electron chi connectivity index (χ0n) is 20.1. The molecule has 3 aromatic rings. The summed E-state index contributed by atoms with van der Waals surface area (Å²) >= 11 is 0. The predicted octanol–water partition coefficient (Wildman–Crippen LogP) is 3.36. The van der Waals surface area contributed by atoms with Gasteiger partial charge in [0.15, 0.2) is 5.82 Å². The Hall–Kier alpha value is -3.82. The number of aromatic nitrogens is 3. The molecule has 2 aliphatic rings. The summed E-state index contributed by atoms with van der Waals surface area (Å²) < 4.78 is 5.33. The van der Waals surface area contributed by atoms with Crippen LogP contribution >= 0.6 is 0 Å². The molecule has 0 spiro atoms. The number of anilines is 2. The summed E-state index contributed by atoms with van der Waals surface area (Å²) in [5.41, 5.74) is 3.83. The Labute approximate surface area is 210 Å². The van der Waals surface area contributed by atoms with E-state index in [-0.39, 0.29) is 18.2 Å². The zero-order valence-corrected chi connectivity index (χ0v) is 20.1. The minimum Gasteiger partial charge on any atom is -0.379 e. The van der Waals surface area contributed by atoms with Crippen molar-refractivity contribution in [3.8, 4) is 11.1 Å². The highest BCUT2D eigenvalue weighted by Crippen LogP contribution is 2.39. The van der Waals surface area contributed by atoms with Crippen LogP contribution in [0.2, 0.25) is 0 Å². The smallest absolute Gasteiger partial charge is 0.249 e. The van der Waals surface area contributed by atoms with Gasteiger partial charge in [0.05, 0.1) is 19.6 Å². The van der Waals surface area contributed by atoms with Crippen molar-refractivity contribution in [2.24, 2.45) is 0 Å². The first-order valence-corrected chi connectivity index (χ1v) is 12.3. The van der Waals surface area contributed by atoms with Gasteiger partial charge in [-0.1, -0.05) is 30.3 Å². The number of pyridine rings is 1. The van der Waals surface area contributed by atoms with E-state index in [2.05, 4.69) is 30.7 Å². The van der Waals surface area contributed by atoms with E-state index in [0.717, 1.165) is 55.2 Å². The SMILES string of the molecule is O=C(/C=C/CN1CCOCC1)Nc1ccc(-c2cccc(CC(=O)Nc3cc(C4CC4)[nH]n3)c2)cn1. The maximum Gasteiger partial charge on any atom is 0.249 e. The molecule has 9 heteroatoms. The summed E-state index contributed by atoms with van der Waals surface area (Å²) in [5.74, 6) is 1.29. The first-order valence-electron chi connectivity index (χ1n) is 12.3. The van der Waals surface area contributed by atoms with Gasteiger partial charge in [-0.2, -0.15) is 5.10 Å². The van der Waals surface area contributed by atoms with Crippen molar-refractivity contribution in [2.75, 3.05) is 43.5 Å². The number of hydrogen-bond donors (Lipinski definition) is 3. The molecule has 0 atom stereocenters. The van der Waals surface area contributed by atoms with Crippen molar-refractivity contribution in [3.63, 3.8) is 0 Å². The topological polar surface area (TPSA) is 112 Å². The van der Waals surface area contributed by atoms with Gasteiger partial charge in [-0.3, -0.25) is 19.6 Å². The van der Waals surface area contributed by atoms with Crippen LogP contribution in [0.15, 0.2) is 60.8 Å². The molecule has 3 N–H and O–H groups in total. The van der Waals surface area contributed by atoms with E-state index in [0.29, 0.717) is 17.6 Å². The van der Waals surface area contributed by atoms with Crippen molar-refractivity contribution in [1.29, 1.82) is 0 Å². The van der Waals surface area contributed by atoms with Crippen LogP contribution in [0.5, 0.6) is 0 Å². The molecule has 1 aromatic carbocycles. The number of aromatic amines is 1. The van der Waals surface area contributed by atoms with Gasteiger partial charge >= 0.3 is 0 Å². The van der Waals surface area contributed by atoms with E-state index in [1.165, 1.54) is 18.9 Å². The lowest BCUT2D eigenvalue weighted by molar-refractivity contribution is -0.115. The number of amides is 2. The highest BCUT2D eigenvalue weighted by molar-refractivity contribution is 5.98. The van der Waals surface area contributed by atoms with Gasteiger partial charge < -0.3 is 15.4 Å². The number of H-pyrrole nitrogens is 1. The van der Waals surface area contributed by atoms with E-state index in [1.54, 1.807) is 12.3 Å². The lowest BCUT2D eigenvalue weighted by Gasteiger charge is -2.24. The normalized spacial score (nSPS) is 16.2. The molecule has 1 aliphatic carbocycles. The molecule has 2 fully saturated rings. The minimum atomic E-state index is -0.210. The van der Waals surface area contributed by atoms with E-state index in [4.69, 9.17) is 4.74 Å². The van der Waals surface area contributed by atoms with Gasteiger partial charge in [0, 0.05) is 55.1 Å². The molecule has 2 aromatic heterocycles. The largest absolute Gasteiger partial charge is 0.379 e. The number of rotatable bonds is 9. The molecular formula is C27H30N6O3. The number of hydrogen-bond acceptors (Lipinski definition) is 6. The van der Waals surface area contributed by atoms with Gasteiger partial charge in [0.2, 0.25) is 11.8 Å². The number of nitrogens with zero attached hydrogens (tertiary/aromatic N) is 3. The number of carbonyl (C=O) groups excluding carboxylic acids is 2. The molecule has 0 radical (unpaired) electrons. The number of benzene rings is 1. The highest BCUT2D eigenvalue weighted by atomic mass is 16.5. The van der Waals surface area contributed by atoms with Crippen LogP contribution in [-0.2, 0) is 20.7 Å². The summed E-state index contributed by atoms with van der Waals surface area (Å²) in [6, 6.07) is 13.4. The minimum absolute atomic E-state index is 0.112. The molecule has 0 unspecified atom stereocenters. The first-order chi connectivity index (χ1) is 17.6. The van der Waals surface area contributed by atoms with Crippen molar-refractivity contribution in [1.82, 2.24) is 20.1 Å². The monoisotopic (exact) mass is 486 g/mol. The summed E-state index contributed by atoms with van der Waals surface area (Å²) in [5, 5.41) is 12.8. The average Bonchev–Trinajstić information content (AvgIpc) is 3.64. The number of carbonyl (C=O) groups is 2. The third kappa shape index (κ3) is 6.65. The van der Waals surface area contributed by atoms with Gasteiger partial charge in [0.25, 0.3) is 0 Å². The Morgan fingerprint density at radius 2 is 1.92 bits per heavy atom. The van der Waals surface area contributed by atoms with Crippen molar-refractivity contribution in [3.05, 3.63) is 72.1 Å². The molecule has 0 bridgehead atoms. The maximum absolute atomic E-state index is 12.5. The van der Waals surface area contributed by atoms with E-state index >= 15 is 0 Å². The summed E-state index contributed by atoms with van der Waals surface area (Å²) in [6.07, 6.45) is 7.71. The predicted molar refractivity (Wildman–Crippen MR) is 138 cm³/mol. The van der Waals surface area contributed by atoms with Crippen molar-refractivity contribution in [2.45, 2.75) is 25.2 Å². The number of ether oxygens (including phenoxy) is 1. The Kier molecular flexibility index (Phi) is 7.49. The lowest BCUT2D eigenvalue weighted by atomic mass is 10.0. The summed E-state index contributed by atoms with van der Waals surface area (Å²) in [6.45, 7) is 3.95. The molecule has 1 aliphatic heterocycles. The van der Waals surface area contributed by atoms with Crippen LogP contribution in [0.3, 0.4) is 0 Å². The molecule has 36 heavy (non-hydrogen) atoms. The quantitative estimate of drug-likeness (QED) is 0.400. The van der Waals surface area contributed by atoms with Crippen LogP contribution in [0.4, 0.5) is 11.6 Å². The Bertz CT molecular complexity index is 1230. The zero-order chi connectivity index (χ0) is 24.7. The Balaban J connectivity index is 1.13. The molecule has 9 nitrogen and oxygen atoms in total. The maximum atomic E-state index is 12.5. The fourth-order valence-corrected chi connectivity index (χ4v) is 4.14. The fourth-order valence-electron chi connectivity index (χ4n) is 4.14. The molecular weight excluding hydrogens is 456 g/mol. The second kappa shape index (κ2) is 11.3. The molecule has 1 saturated heterocycles. The molecule has 186 valence electrons. The molecule has 5 rings (SSSR count). The van der Waals surface area contributed by atoms with Gasteiger partial charge in [-0.15, -0.1) is 0 Å². The number of morpholine rings is 1. The second-order valence-corrected chi connectivity index (χ2v) is 9.14. The van der Waals surface area contributed by atoms with Gasteiger partial charge in [-0.05, 0) is 36.1 Å². The van der Waals surface area contributed by atoms with Crippen molar-refractivity contribution >= 4 is 23.5 Å². The molecule has 2 amide bonds. The first kappa shape index (κ1) is 23.9.